The minimum absolute atomic E-state index is 0.0930. The van der Waals surface area contributed by atoms with E-state index >= 15 is 0 Å². The Kier molecular flexibility index (Phi) is 7.17. The largest absolute Gasteiger partial charge is 0.396 e. The van der Waals surface area contributed by atoms with E-state index < -0.39 is 0 Å². The first-order chi connectivity index (χ1) is 12.3. The Bertz CT molecular complexity index is 830. The molecule has 0 radical (unpaired) electrons. The summed E-state index contributed by atoms with van der Waals surface area (Å²) in [6.07, 6.45) is 0.604. The molecular weight excluding hydrogens is 346 g/mol. The summed E-state index contributed by atoms with van der Waals surface area (Å²) in [5.74, 6) is 0.475. The lowest BCUT2D eigenvalue weighted by molar-refractivity contribution is 0.264. The maximum absolute atomic E-state index is 12.6. The van der Waals surface area contributed by atoms with Gasteiger partial charge in [-0.05, 0) is 61.7 Å². The molecule has 142 valence electrons. The molecule has 0 fully saturated rings. The first-order valence-electron chi connectivity index (χ1n) is 9.08. The summed E-state index contributed by atoms with van der Waals surface area (Å²) in [6, 6.07) is 6.06. The lowest BCUT2D eigenvalue weighted by Crippen LogP contribution is -2.42. The fraction of sp³-hybridized carbons (Fsp3) is 0.500. The van der Waals surface area contributed by atoms with Gasteiger partial charge < -0.3 is 20.3 Å². The Morgan fingerprint density at radius 1 is 1.31 bits per heavy atom. The van der Waals surface area contributed by atoms with Crippen LogP contribution in [0.2, 0.25) is 0 Å². The topological polar surface area (TPSA) is 68.4 Å². The second-order valence-corrected chi connectivity index (χ2v) is 7.63. The molecule has 0 saturated heterocycles. The van der Waals surface area contributed by atoms with Gasteiger partial charge in [0.1, 0.15) is 0 Å². The zero-order valence-electron chi connectivity index (χ0n) is 16.1. The standard InChI is InChI=1S/C20H29N3O2S/c1-13(2)11-21-20(26)23(6-5-7-24)12-16-10-17-15(4)8-14(3)9-18(17)22-19(16)25/h8-10,13,24H,5-7,11-12H2,1-4H3,(H,21,26)(H,22,25). The summed E-state index contributed by atoms with van der Waals surface area (Å²) in [4.78, 5) is 17.5. The Balaban J connectivity index is 2.30. The van der Waals surface area contributed by atoms with Gasteiger partial charge in [0, 0.05) is 36.2 Å². The summed E-state index contributed by atoms with van der Waals surface area (Å²) in [7, 11) is 0. The van der Waals surface area contributed by atoms with Gasteiger partial charge in [0.05, 0.1) is 6.54 Å². The summed E-state index contributed by atoms with van der Waals surface area (Å²) in [6.45, 7) is 10.2. The van der Waals surface area contributed by atoms with Crippen LogP contribution in [0.1, 0.15) is 37.0 Å². The maximum Gasteiger partial charge on any atom is 0.253 e. The van der Waals surface area contributed by atoms with Gasteiger partial charge in [-0.2, -0.15) is 0 Å². The predicted octanol–water partition coefficient (Wildman–Crippen LogP) is 2.86. The number of aliphatic hydroxyl groups is 1. The minimum atomic E-state index is -0.0943. The molecule has 2 aromatic rings. The van der Waals surface area contributed by atoms with Crippen LogP contribution >= 0.6 is 12.2 Å². The van der Waals surface area contributed by atoms with Crippen LogP contribution in [0.3, 0.4) is 0 Å². The number of hydrogen-bond donors (Lipinski definition) is 3. The predicted molar refractivity (Wildman–Crippen MR) is 112 cm³/mol. The van der Waals surface area contributed by atoms with Gasteiger partial charge in [0.15, 0.2) is 5.11 Å². The van der Waals surface area contributed by atoms with Crippen LogP contribution in [0.5, 0.6) is 0 Å². The molecule has 5 nitrogen and oxygen atoms in total. The molecule has 0 aliphatic rings. The van der Waals surface area contributed by atoms with Crippen molar-refractivity contribution in [2.75, 3.05) is 19.7 Å². The van der Waals surface area contributed by atoms with Gasteiger partial charge in [-0.25, -0.2) is 0 Å². The summed E-state index contributed by atoms with van der Waals surface area (Å²) in [5.41, 5.74) is 3.71. The smallest absolute Gasteiger partial charge is 0.253 e. The molecule has 0 atom stereocenters. The number of aryl methyl sites for hydroxylation is 2. The van der Waals surface area contributed by atoms with Gasteiger partial charge in [-0.3, -0.25) is 4.79 Å². The fourth-order valence-corrected chi connectivity index (χ4v) is 3.20. The van der Waals surface area contributed by atoms with E-state index in [4.69, 9.17) is 12.2 Å². The number of H-pyrrole nitrogens is 1. The average molecular weight is 376 g/mol. The normalized spacial score (nSPS) is 11.2. The fourth-order valence-electron chi connectivity index (χ4n) is 2.96. The number of aromatic amines is 1. The number of fused-ring (bicyclic) bond motifs is 1. The molecule has 3 N–H and O–H groups in total. The third kappa shape index (κ3) is 5.29. The molecule has 0 unspecified atom stereocenters. The molecule has 0 saturated carbocycles. The Hall–Kier alpha value is -1.92. The number of hydrogen-bond acceptors (Lipinski definition) is 3. The summed E-state index contributed by atoms with van der Waals surface area (Å²) < 4.78 is 0. The van der Waals surface area contributed by atoms with E-state index in [2.05, 4.69) is 37.1 Å². The molecule has 0 spiro atoms. The van der Waals surface area contributed by atoms with Gasteiger partial charge in [0.2, 0.25) is 0 Å². The second kappa shape index (κ2) is 9.14. The van der Waals surface area contributed by atoms with Crippen molar-refractivity contribution in [3.05, 3.63) is 45.2 Å². The molecule has 6 heteroatoms. The van der Waals surface area contributed by atoms with Crippen LogP contribution in [0.4, 0.5) is 0 Å². The first kappa shape index (κ1) is 20.4. The highest BCUT2D eigenvalue weighted by atomic mass is 32.1. The van der Waals surface area contributed by atoms with Crippen LogP contribution in [-0.2, 0) is 6.54 Å². The van der Waals surface area contributed by atoms with E-state index in [0.717, 1.165) is 28.6 Å². The van der Waals surface area contributed by atoms with Crippen LogP contribution < -0.4 is 10.9 Å². The monoisotopic (exact) mass is 375 g/mol. The third-order valence-electron chi connectivity index (χ3n) is 4.29. The molecule has 1 aromatic heterocycles. The average Bonchev–Trinajstić information content (AvgIpc) is 2.57. The zero-order chi connectivity index (χ0) is 19.3. The van der Waals surface area contributed by atoms with Crippen molar-refractivity contribution in [2.24, 2.45) is 5.92 Å². The molecule has 0 bridgehead atoms. The van der Waals surface area contributed by atoms with Crippen LogP contribution in [0.25, 0.3) is 10.9 Å². The lowest BCUT2D eigenvalue weighted by atomic mass is 10.0. The molecule has 0 amide bonds. The van der Waals surface area contributed by atoms with E-state index in [1.807, 2.05) is 24.0 Å². The van der Waals surface area contributed by atoms with Crippen LogP contribution in [0, 0.1) is 19.8 Å². The highest BCUT2D eigenvalue weighted by Gasteiger charge is 2.14. The van der Waals surface area contributed by atoms with E-state index in [1.165, 1.54) is 0 Å². The Labute approximate surface area is 160 Å². The Morgan fingerprint density at radius 2 is 2.04 bits per heavy atom. The van der Waals surface area contributed by atoms with Gasteiger partial charge >= 0.3 is 0 Å². The second-order valence-electron chi connectivity index (χ2n) is 7.25. The lowest BCUT2D eigenvalue weighted by Gasteiger charge is -2.26. The van der Waals surface area contributed by atoms with Crippen molar-refractivity contribution >= 4 is 28.2 Å². The minimum Gasteiger partial charge on any atom is -0.396 e. The SMILES string of the molecule is Cc1cc(C)c2cc(CN(CCCO)C(=S)NCC(C)C)c(=O)[nH]c2c1. The van der Waals surface area contributed by atoms with Gasteiger partial charge in [-0.1, -0.05) is 19.9 Å². The summed E-state index contributed by atoms with van der Waals surface area (Å²) >= 11 is 5.51. The Morgan fingerprint density at radius 3 is 2.69 bits per heavy atom. The van der Waals surface area contributed by atoms with E-state index in [0.29, 0.717) is 36.1 Å². The van der Waals surface area contributed by atoms with Crippen molar-refractivity contribution in [1.82, 2.24) is 15.2 Å². The number of aliphatic hydroxyl groups excluding tert-OH is 1. The van der Waals surface area contributed by atoms with Gasteiger partial charge in [0.25, 0.3) is 5.56 Å². The summed E-state index contributed by atoms with van der Waals surface area (Å²) in [5, 5.41) is 14.1. The maximum atomic E-state index is 12.6. The first-order valence-corrected chi connectivity index (χ1v) is 9.49. The third-order valence-corrected chi connectivity index (χ3v) is 4.69. The van der Waals surface area contributed by atoms with Crippen LogP contribution in [0.15, 0.2) is 23.0 Å². The van der Waals surface area contributed by atoms with Crippen molar-refractivity contribution in [3.8, 4) is 0 Å². The van der Waals surface area contributed by atoms with Gasteiger partial charge in [-0.15, -0.1) is 0 Å². The number of pyridine rings is 1. The van der Waals surface area contributed by atoms with Crippen molar-refractivity contribution in [1.29, 1.82) is 0 Å². The molecule has 1 heterocycles. The molecule has 1 aromatic carbocycles. The van der Waals surface area contributed by atoms with E-state index in [1.54, 1.807) is 0 Å². The molecular formula is C20H29N3O2S. The quantitative estimate of drug-likeness (QED) is 0.649. The molecule has 0 aliphatic carbocycles. The number of rotatable bonds is 7. The number of aromatic nitrogens is 1. The van der Waals surface area contributed by atoms with Crippen molar-refractivity contribution < 1.29 is 5.11 Å². The van der Waals surface area contributed by atoms with Crippen LogP contribution in [-0.4, -0.2) is 39.8 Å². The van der Waals surface area contributed by atoms with E-state index in [-0.39, 0.29) is 12.2 Å². The highest BCUT2D eigenvalue weighted by Crippen LogP contribution is 2.19. The zero-order valence-corrected chi connectivity index (χ0v) is 16.9. The van der Waals surface area contributed by atoms with Crippen molar-refractivity contribution in [3.63, 3.8) is 0 Å². The number of nitrogens with zero attached hydrogens (tertiary/aromatic N) is 1. The number of nitrogens with one attached hydrogen (secondary N) is 2. The molecule has 2 rings (SSSR count). The molecule has 26 heavy (non-hydrogen) atoms. The van der Waals surface area contributed by atoms with Crippen molar-refractivity contribution in [2.45, 2.75) is 40.7 Å². The number of benzene rings is 1. The molecule has 0 aliphatic heterocycles. The highest BCUT2D eigenvalue weighted by molar-refractivity contribution is 7.80. The van der Waals surface area contributed by atoms with E-state index in [9.17, 15) is 9.90 Å². The number of thiocarbonyl (C=S) groups is 1.